The lowest BCUT2D eigenvalue weighted by atomic mass is 10.1. The largest absolute Gasteiger partial charge is 0.357 e. The molecule has 1 amide bonds. The van der Waals surface area contributed by atoms with Gasteiger partial charge in [-0.2, -0.15) is 8.42 Å². The van der Waals surface area contributed by atoms with E-state index in [1.54, 1.807) is 36.0 Å². The van der Waals surface area contributed by atoms with E-state index in [9.17, 15) is 13.2 Å². The number of hydrogen-bond acceptors (Lipinski definition) is 7. The van der Waals surface area contributed by atoms with E-state index < -0.39 is 10.3 Å². The first-order valence-corrected chi connectivity index (χ1v) is 13.8. The number of thiazole rings is 1. The Bertz CT molecular complexity index is 1050. The summed E-state index contributed by atoms with van der Waals surface area (Å²) in [5, 5.41) is 7.01. The number of aromatic nitrogens is 1. The van der Waals surface area contributed by atoms with Gasteiger partial charge in [0.1, 0.15) is 5.01 Å². The number of rotatable bonds is 11. The first kappa shape index (κ1) is 24.7. The van der Waals surface area contributed by atoms with E-state index in [1.807, 2.05) is 17.0 Å². The Morgan fingerprint density at radius 3 is 2.62 bits per heavy atom. The molecule has 1 aliphatic rings. The van der Waals surface area contributed by atoms with Crippen LogP contribution in [0, 0.1) is 0 Å². The highest BCUT2D eigenvalue weighted by molar-refractivity contribution is 8.14. The van der Waals surface area contributed by atoms with Gasteiger partial charge >= 0.3 is 10.3 Å². The molecule has 2 heterocycles. The Kier molecular flexibility index (Phi) is 8.69. The van der Waals surface area contributed by atoms with Gasteiger partial charge in [0.05, 0.1) is 28.5 Å². The van der Waals surface area contributed by atoms with Crippen molar-refractivity contribution in [3.8, 4) is 0 Å². The standard InChI is InChI=1S/C21H28N4O4S3/c1-3-15-12-30-20(22-15)10-9-19(26)24-18(21-23-16(4-2)13-31-21)11-14-5-7-17(8-6-14)25-32(27,28)29/h5-8,13,15,18,25H,3-4,9-12H2,1-2H3,(H,24,26)(H,27,28,29)/t15?,18-/m0/s1. The number of carbonyl (C=O) groups is 1. The number of thioether (sulfide) groups is 1. The molecule has 8 nitrogen and oxygen atoms in total. The highest BCUT2D eigenvalue weighted by atomic mass is 32.2. The average Bonchev–Trinajstić information content (AvgIpc) is 3.41. The molecule has 1 aromatic carbocycles. The summed E-state index contributed by atoms with van der Waals surface area (Å²) in [7, 11) is -4.32. The molecule has 2 aromatic rings. The highest BCUT2D eigenvalue weighted by Crippen LogP contribution is 2.25. The maximum absolute atomic E-state index is 12.7. The fraction of sp³-hybridized carbons (Fsp3) is 0.476. The second kappa shape index (κ2) is 11.3. The minimum absolute atomic E-state index is 0.0452. The van der Waals surface area contributed by atoms with Crippen LogP contribution in [0.25, 0.3) is 0 Å². The molecular weight excluding hydrogens is 468 g/mol. The molecule has 3 rings (SSSR count). The molecule has 0 aliphatic carbocycles. The monoisotopic (exact) mass is 496 g/mol. The van der Waals surface area contributed by atoms with Crippen LogP contribution in [0.5, 0.6) is 0 Å². The molecule has 1 aliphatic heterocycles. The zero-order chi connectivity index (χ0) is 23.1. The van der Waals surface area contributed by atoms with Crippen LogP contribution in [0.15, 0.2) is 34.6 Å². The molecule has 2 atom stereocenters. The number of aliphatic imine (C=N–C) groups is 1. The van der Waals surface area contributed by atoms with Gasteiger partial charge in [-0.1, -0.05) is 26.0 Å². The molecule has 0 fully saturated rings. The quantitative estimate of drug-likeness (QED) is 0.404. The van der Waals surface area contributed by atoms with Crippen LogP contribution in [0.4, 0.5) is 5.69 Å². The summed E-state index contributed by atoms with van der Waals surface area (Å²) in [4.78, 5) is 22.0. The van der Waals surface area contributed by atoms with Gasteiger partial charge in [-0.05, 0) is 37.0 Å². The molecule has 3 N–H and O–H groups in total. The van der Waals surface area contributed by atoms with Crippen LogP contribution < -0.4 is 10.0 Å². The third-order valence-corrected chi connectivity index (χ3v) is 7.71. The lowest BCUT2D eigenvalue weighted by Gasteiger charge is -2.17. The van der Waals surface area contributed by atoms with E-state index in [2.05, 4.69) is 22.2 Å². The number of carbonyl (C=O) groups excluding carboxylic acids is 1. The SMILES string of the molecule is CCc1csc([C@H](Cc2ccc(NS(=O)(=O)O)cc2)NC(=O)CCC2=NC(CC)CS2)n1. The Labute approximate surface area is 197 Å². The summed E-state index contributed by atoms with van der Waals surface area (Å²) < 4.78 is 32.9. The van der Waals surface area contributed by atoms with Crippen LogP contribution in [0.2, 0.25) is 0 Å². The number of amides is 1. The first-order valence-electron chi connectivity index (χ1n) is 10.5. The number of benzene rings is 1. The Morgan fingerprint density at radius 1 is 1.28 bits per heavy atom. The second-order valence-corrected chi connectivity index (χ2v) is 10.7. The molecule has 0 saturated carbocycles. The molecule has 1 unspecified atom stereocenters. The van der Waals surface area contributed by atoms with Gasteiger partial charge < -0.3 is 5.32 Å². The maximum Gasteiger partial charge on any atom is 0.357 e. The van der Waals surface area contributed by atoms with Gasteiger partial charge in [-0.3, -0.25) is 19.1 Å². The van der Waals surface area contributed by atoms with Crippen molar-refractivity contribution in [3.05, 3.63) is 45.9 Å². The molecule has 1 aromatic heterocycles. The van der Waals surface area contributed by atoms with Crippen molar-refractivity contribution in [1.29, 1.82) is 0 Å². The minimum atomic E-state index is -4.32. The average molecular weight is 497 g/mol. The molecular formula is C21H28N4O4S3. The van der Waals surface area contributed by atoms with E-state index in [0.29, 0.717) is 25.3 Å². The third kappa shape index (κ3) is 7.58. The van der Waals surface area contributed by atoms with Gasteiger partial charge in [0.2, 0.25) is 5.91 Å². The molecule has 0 radical (unpaired) electrons. The van der Waals surface area contributed by atoms with Crippen molar-refractivity contribution in [2.24, 2.45) is 4.99 Å². The fourth-order valence-electron chi connectivity index (χ4n) is 3.24. The van der Waals surface area contributed by atoms with E-state index in [0.717, 1.165) is 39.9 Å². The van der Waals surface area contributed by atoms with Gasteiger partial charge in [0.25, 0.3) is 0 Å². The number of nitrogens with one attached hydrogen (secondary N) is 2. The van der Waals surface area contributed by atoms with Gasteiger partial charge in [-0.25, -0.2) is 4.98 Å². The summed E-state index contributed by atoms with van der Waals surface area (Å²) in [6.45, 7) is 4.16. The van der Waals surface area contributed by atoms with Gasteiger partial charge in [0.15, 0.2) is 0 Å². The normalized spacial score (nSPS) is 17.1. The smallest absolute Gasteiger partial charge is 0.347 e. The zero-order valence-corrected chi connectivity index (χ0v) is 20.5. The molecule has 0 bridgehead atoms. The van der Waals surface area contributed by atoms with Crippen LogP contribution in [0.3, 0.4) is 0 Å². The fourth-order valence-corrected chi connectivity index (χ4v) is 5.79. The topological polar surface area (TPSA) is 121 Å². The van der Waals surface area contributed by atoms with Crippen LogP contribution in [-0.2, 0) is 27.9 Å². The van der Waals surface area contributed by atoms with Crippen LogP contribution in [-0.4, -0.2) is 40.7 Å². The molecule has 11 heteroatoms. The lowest BCUT2D eigenvalue weighted by molar-refractivity contribution is -0.121. The number of aryl methyl sites for hydroxylation is 1. The summed E-state index contributed by atoms with van der Waals surface area (Å²) in [5.74, 6) is 0.952. The van der Waals surface area contributed by atoms with Crippen LogP contribution in [0.1, 0.15) is 55.4 Å². The van der Waals surface area contributed by atoms with Crippen LogP contribution >= 0.6 is 23.1 Å². The number of anilines is 1. The predicted octanol–water partition coefficient (Wildman–Crippen LogP) is 4.02. The lowest BCUT2D eigenvalue weighted by Crippen LogP contribution is -2.30. The summed E-state index contributed by atoms with van der Waals surface area (Å²) in [6, 6.07) is 6.74. The van der Waals surface area contributed by atoms with Crippen molar-refractivity contribution in [1.82, 2.24) is 10.3 Å². The Morgan fingerprint density at radius 2 is 2.03 bits per heavy atom. The minimum Gasteiger partial charge on any atom is -0.347 e. The summed E-state index contributed by atoms with van der Waals surface area (Å²) >= 11 is 3.26. The summed E-state index contributed by atoms with van der Waals surface area (Å²) in [6.07, 6.45) is 3.38. The van der Waals surface area contributed by atoms with Crippen molar-refractivity contribution < 1.29 is 17.8 Å². The van der Waals surface area contributed by atoms with Crippen molar-refractivity contribution in [2.75, 3.05) is 10.5 Å². The van der Waals surface area contributed by atoms with Gasteiger partial charge in [-0.15, -0.1) is 23.1 Å². The van der Waals surface area contributed by atoms with E-state index in [-0.39, 0.29) is 17.6 Å². The summed E-state index contributed by atoms with van der Waals surface area (Å²) in [5.41, 5.74) is 2.16. The number of nitrogens with zero attached hydrogens (tertiary/aromatic N) is 2. The maximum atomic E-state index is 12.7. The second-order valence-electron chi connectivity index (χ2n) is 7.52. The Balaban J connectivity index is 1.66. The van der Waals surface area contributed by atoms with Gasteiger partial charge in [0, 0.05) is 24.0 Å². The van der Waals surface area contributed by atoms with Crippen molar-refractivity contribution in [2.45, 2.75) is 58.0 Å². The molecule has 32 heavy (non-hydrogen) atoms. The molecule has 174 valence electrons. The van der Waals surface area contributed by atoms with E-state index >= 15 is 0 Å². The van der Waals surface area contributed by atoms with Crippen molar-refractivity contribution >= 4 is 50.0 Å². The first-order chi connectivity index (χ1) is 15.3. The number of hydrogen-bond donors (Lipinski definition) is 3. The molecule has 0 spiro atoms. The van der Waals surface area contributed by atoms with Crippen molar-refractivity contribution in [3.63, 3.8) is 0 Å². The third-order valence-electron chi connectivity index (χ3n) is 5.01. The zero-order valence-electron chi connectivity index (χ0n) is 18.1. The Hall–Kier alpha value is -1.95. The van der Waals surface area contributed by atoms with E-state index in [4.69, 9.17) is 4.55 Å². The molecule has 0 saturated heterocycles. The predicted molar refractivity (Wildman–Crippen MR) is 131 cm³/mol. The van der Waals surface area contributed by atoms with E-state index in [1.165, 1.54) is 11.3 Å². The highest BCUT2D eigenvalue weighted by Gasteiger charge is 2.21.